The number of hydrogen-bond acceptors (Lipinski definition) is 4. The fourth-order valence-corrected chi connectivity index (χ4v) is 1.00. The van der Waals surface area contributed by atoms with E-state index >= 15 is 0 Å². The third kappa shape index (κ3) is 4.69. The lowest BCUT2D eigenvalue weighted by Gasteiger charge is -2.25. The molecular weight excluding hydrogens is 180 g/mol. The second-order valence-electron chi connectivity index (χ2n) is 2.97. The van der Waals surface area contributed by atoms with Crippen LogP contribution in [0.3, 0.4) is 0 Å². The minimum absolute atomic E-state index is 0.0683. The first-order chi connectivity index (χ1) is 5.33. The molecule has 0 radical (unpaired) electrons. The summed E-state index contributed by atoms with van der Waals surface area (Å²) in [5, 5.41) is 0. The molecule has 0 aromatic heterocycles. The maximum Gasteiger partial charge on any atom is 0.264 e. The largest absolute Gasteiger partial charge is 0.376 e. The Labute approximate surface area is 74.0 Å². The van der Waals surface area contributed by atoms with E-state index in [1.54, 1.807) is 6.92 Å². The Bertz CT molecular complexity index is 216. The predicted molar refractivity (Wildman–Crippen MR) is 46.5 cm³/mol. The molecule has 0 N–H and O–H groups in total. The third-order valence-electron chi connectivity index (χ3n) is 1.82. The molecule has 0 saturated carbocycles. The molecule has 0 aromatic rings. The van der Waals surface area contributed by atoms with Crippen molar-refractivity contribution >= 4 is 10.1 Å². The standard InChI is InChI=1S/C7H16O4S/c1-5-7(2,10-3)6-11-12(4,8)9/h5-6H2,1-4H3. The van der Waals surface area contributed by atoms with Crippen LogP contribution < -0.4 is 0 Å². The van der Waals surface area contributed by atoms with Gasteiger partial charge in [0.2, 0.25) is 0 Å². The van der Waals surface area contributed by atoms with E-state index in [2.05, 4.69) is 4.18 Å². The van der Waals surface area contributed by atoms with Gasteiger partial charge in [-0.2, -0.15) is 8.42 Å². The molecule has 0 aliphatic carbocycles. The van der Waals surface area contributed by atoms with E-state index in [4.69, 9.17) is 4.74 Å². The molecule has 12 heavy (non-hydrogen) atoms. The SMILES string of the molecule is CCC(C)(COS(C)(=O)=O)OC. The average molecular weight is 196 g/mol. The average Bonchev–Trinajstić information content (AvgIpc) is 1.99. The van der Waals surface area contributed by atoms with Gasteiger partial charge in [-0.15, -0.1) is 0 Å². The molecule has 0 fully saturated rings. The van der Waals surface area contributed by atoms with Gasteiger partial charge in [-0.25, -0.2) is 0 Å². The summed E-state index contributed by atoms with van der Waals surface area (Å²) in [6.07, 6.45) is 1.73. The van der Waals surface area contributed by atoms with Gasteiger partial charge in [0.05, 0.1) is 18.5 Å². The van der Waals surface area contributed by atoms with Crippen molar-refractivity contribution in [2.24, 2.45) is 0 Å². The number of ether oxygens (including phenoxy) is 1. The smallest absolute Gasteiger partial charge is 0.264 e. The molecular formula is C7H16O4S. The summed E-state index contributed by atoms with van der Waals surface area (Å²) >= 11 is 0. The quantitative estimate of drug-likeness (QED) is 0.610. The van der Waals surface area contributed by atoms with Gasteiger partial charge in [-0.3, -0.25) is 4.18 Å². The monoisotopic (exact) mass is 196 g/mol. The molecule has 0 bridgehead atoms. The van der Waals surface area contributed by atoms with E-state index in [1.807, 2.05) is 6.92 Å². The number of hydrogen-bond donors (Lipinski definition) is 0. The first-order valence-electron chi connectivity index (χ1n) is 3.72. The van der Waals surface area contributed by atoms with Gasteiger partial charge in [0, 0.05) is 7.11 Å². The fraction of sp³-hybridized carbons (Fsp3) is 1.00. The molecule has 74 valence electrons. The lowest BCUT2D eigenvalue weighted by atomic mass is 10.1. The molecule has 0 saturated heterocycles. The summed E-state index contributed by atoms with van der Waals surface area (Å²) in [4.78, 5) is 0. The van der Waals surface area contributed by atoms with Crippen molar-refractivity contribution < 1.29 is 17.3 Å². The van der Waals surface area contributed by atoms with E-state index in [-0.39, 0.29) is 6.61 Å². The summed E-state index contributed by atoms with van der Waals surface area (Å²) in [7, 11) is -1.82. The van der Waals surface area contributed by atoms with Crippen molar-refractivity contribution in [1.82, 2.24) is 0 Å². The summed E-state index contributed by atoms with van der Waals surface area (Å²) in [5.74, 6) is 0. The molecule has 0 aromatic carbocycles. The van der Waals surface area contributed by atoms with Gasteiger partial charge in [0.1, 0.15) is 0 Å². The van der Waals surface area contributed by atoms with Crippen LogP contribution in [-0.4, -0.2) is 34.0 Å². The first kappa shape index (κ1) is 11.9. The summed E-state index contributed by atoms with van der Waals surface area (Å²) in [6, 6.07) is 0. The molecule has 0 aliphatic rings. The summed E-state index contributed by atoms with van der Waals surface area (Å²) in [5.41, 5.74) is -0.511. The lowest BCUT2D eigenvalue weighted by molar-refractivity contribution is -0.0304. The Balaban J connectivity index is 4.07. The van der Waals surface area contributed by atoms with E-state index < -0.39 is 15.7 Å². The van der Waals surface area contributed by atoms with Crippen LogP contribution in [0.5, 0.6) is 0 Å². The van der Waals surface area contributed by atoms with E-state index in [0.717, 1.165) is 6.26 Å². The molecule has 1 unspecified atom stereocenters. The minimum Gasteiger partial charge on any atom is -0.376 e. The number of rotatable bonds is 5. The van der Waals surface area contributed by atoms with E-state index in [0.29, 0.717) is 6.42 Å². The fourth-order valence-electron chi connectivity index (χ4n) is 0.537. The van der Waals surface area contributed by atoms with Gasteiger partial charge in [0.25, 0.3) is 10.1 Å². The van der Waals surface area contributed by atoms with Gasteiger partial charge < -0.3 is 4.74 Å². The van der Waals surface area contributed by atoms with Crippen molar-refractivity contribution in [1.29, 1.82) is 0 Å². The molecule has 1 atom stereocenters. The molecule has 5 heteroatoms. The summed E-state index contributed by atoms with van der Waals surface area (Å²) < 4.78 is 31.0. The highest BCUT2D eigenvalue weighted by Gasteiger charge is 2.23. The van der Waals surface area contributed by atoms with Crippen molar-refractivity contribution in [3.63, 3.8) is 0 Å². The van der Waals surface area contributed by atoms with Crippen LogP contribution in [0.15, 0.2) is 0 Å². The third-order valence-corrected chi connectivity index (χ3v) is 2.37. The maximum atomic E-state index is 10.6. The Morgan fingerprint density at radius 3 is 2.17 bits per heavy atom. The van der Waals surface area contributed by atoms with Gasteiger partial charge in [-0.05, 0) is 13.3 Å². The van der Waals surface area contributed by atoms with Crippen LogP contribution in [0.25, 0.3) is 0 Å². The Kier molecular flexibility index (Phi) is 4.16. The minimum atomic E-state index is -3.36. The second-order valence-corrected chi connectivity index (χ2v) is 4.62. The van der Waals surface area contributed by atoms with Gasteiger partial charge >= 0.3 is 0 Å². The van der Waals surface area contributed by atoms with Crippen LogP contribution in [-0.2, 0) is 19.0 Å². The molecule has 0 rings (SSSR count). The molecule has 0 spiro atoms. The summed E-state index contributed by atoms with van der Waals surface area (Å²) in [6.45, 7) is 3.78. The van der Waals surface area contributed by atoms with E-state index in [1.165, 1.54) is 7.11 Å². The predicted octanol–water partition coefficient (Wildman–Crippen LogP) is 0.778. The van der Waals surface area contributed by atoms with Crippen LogP contribution >= 0.6 is 0 Å². The molecule has 0 heterocycles. The van der Waals surface area contributed by atoms with Crippen molar-refractivity contribution in [3.05, 3.63) is 0 Å². The normalized spacial score (nSPS) is 17.3. The van der Waals surface area contributed by atoms with Crippen LogP contribution in [0.4, 0.5) is 0 Å². The highest BCUT2D eigenvalue weighted by atomic mass is 32.2. The highest BCUT2D eigenvalue weighted by molar-refractivity contribution is 7.85. The van der Waals surface area contributed by atoms with Crippen LogP contribution in [0.1, 0.15) is 20.3 Å². The Morgan fingerprint density at radius 1 is 1.42 bits per heavy atom. The topological polar surface area (TPSA) is 52.6 Å². The maximum absolute atomic E-state index is 10.6. The van der Waals surface area contributed by atoms with Gasteiger partial charge in [0.15, 0.2) is 0 Å². The zero-order chi connectivity index (χ0) is 9.83. The highest BCUT2D eigenvalue weighted by Crippen LogP contribution is 2.14. The van der Waals surface area contributed by atoms with Crippen molar-refractivity contribution in [2.45, 2.75) is 25.9 Å². The zero-order valence-corrected chi connectivity index (χ0v) is 8.77. The van der Waals surface area contributed by atoms with Crippen molar-refractivity contribution in [3.8, 4) is 0 Å². The molecule has 0 aliphatic heterocycles. The second kappa shape index (κ2) is 4.20. The first-order valence-corrected chi connectivity index (χ1v) is 5.54. The lowest BCUT2D eigenvalue weighted by Crippen LogP contribution is -2.33. The zero-order valence-electron chi connectivity index (χ0n) is 7.96. The van der Waals surface area contributed by atoms with E-state index in [9.17, 15) is 8.42 Å². The van der Waals surface area contributed by atoms with Crippen molar-refractivity contribution in [2.75, 3.05) is 20.0 Å². The van der Waals surface area contributed by atoms with Crippen LogP contribution in [0.2, 0.25) is 0 Å². The Morgan fingerprint density at radius 2 is 1.92 bits per heavy atom. The van der Waals surface area contributed by atoms with Crippen LogP contribution in [0, 0.1) is 0 Å². The molecule has 0 amide bonds. The van der Waals surface area contributed by atoms with Gasteiger partial charge in [-0.1, -0.05) is 6.92 Å². The number of methoxy groups -OCH3 is 1. The Hall–Kier alpha value is -0.130. The molecule has 4 nitrogen and oxygen atoms in total.